The Morgan fingerprint density at radius 3 is 2.63 bits per heavy atom. The van der Waals surface area contributed by atoms with Crippen LogP contribution in [-0.4, -0.2) is 47.9 Å². The minimum atomic E-state index is -0.263. The highest BCUT2D eigenvalue weighted by Crippen LogP contribution is 2.34. The van der Waals surface area contributed by atoms with Gasteiger partial charge in [0.05, 0.1) is 23.0 Å². The fourth-order valence-electron chi connectivity index (χ4n) is 4.05. The molecule has 0 spiro atoms. The van der Waals surface area contributed by atoms with E-state index in [2.05, 4.69) is 4.99 Å². The average Bonchev–Trinajstić information content (AvgIpc) is 2.79. The lowest BCUT2D eigenvalue weighted by atomic mass is 9.93. The Morgan fingerprint density at radius 2 is 1.93 bits per heavy atom. The number of methoxy groups -OCH3 is 1. The third-order valence-electron chi connectivity index (χ3n) is 5.84. The Morgan fingerprint density at radius 1 is 1.20 bits per heavy atom. The van der Waals surface area contributed by atoms with Crippen LogP contribution in [0.5, 0.6) is 5.75 Å². The topological polar surface area (TPSA) is 59.0 Å². The highest BCUT2D eigenvalue weighted by Gasteiger charge is 2.30. The van der Waals surface area contributed by atoms with Crippen LogP contribution in [0.1, 0.15) is 37.7 Å². The first-order chi connectivity index (χ1) is 14.5. The van der Waals surface area contributed by atoms with Crippen molar-refractivity contribution in [3.8, 4) is 5.75 Å². The van der Waals surface area contributed by atoms with Gasteiger partial charge < -0.3 is 9.64 Å². The van der Waals surface area contributed by atoms with Crippen LogP contribution in [0, 0.1) is 0 Å². The number of carbonyl (C=O) groups excluding carboxylic acids is 2. The minimum absolute atomic E-state index is 0.0105. The molecule has 0 N–H and O–H groups in total. The molecule has 2 aliphatic carbocycles. The molecule has 0 bridgehead atoms. The van der Waals surface area contributed by atoms with E-state index in [4.69, 9.17) is 4.74 Å². The van der Waals surface area contributed by atoms with Crippen LogP contribution in [0.2, 0.25) is 0 Å². The fraction of sp³-hybridized carbons (Fsp3) is 0.375. The molecule has 0 aromatic heterocycles. The van der Waals surface area contributed by atoms with E-state index in [9.17, 15) is 9.59 Å². The summed E-state index contributed by atoms with van der Waals surface area (Å²) >= 11 is 1.47. The van der Waals surface area contributed by atoms with Gasteiger partial charge in [0, 0.05) is 18.7 Å². The van der Waals surface area contributed by atoms with E-state index in [1.165, 1.54) is 31.0 Å². The fourth-order valence-corrected chi connectivity index (χ4v) is 5.08. The van der Waals surface area contributed by atoms with Crippen molar-refractivity contribution in [3.63, 3.8) is 0 Å². The van der Waals surface area contributed by atoms with Crippen LogP contribution < -0.4 is 4.74 Å². The summed E-state index contributed by atoms with van der Waals surface area (Å²) in [5.74, 6) is 0.521. The summed E-state index contributed by atoms with van der Waals surface area (Å²) in [6.45, 7) is 0. The van der Waals surface area contributed by atoms with Crippen molar-refractivity contribution < 1.29 is 14.3 Å². The summed E-state index contributed by atoms with van der Waals surface area (Å²) < 4.78 is 5.17. The van der Waals surface area contributed by atoms with Crippen LogP contribution >= 0.6 is 11.8 Å². The number of fused-ring (bicyclic) bond motifs is 1. The largest absolute Gasteiger partial charge is 0.497 e. The Labute approximate surface area is 181 Å². The molecule has 2 amide bonds. The predicted octanol–water partition coefficient (Wildman–Crippen LogP) is 4.41. The number of nitrogens with zero attached hydrogens (tertiary/aromatic N) is 2. The van der Waals surface area contributed by atoms with Crippen molar-refractivity contribution in [1.82, 2.24) is 4.90 Å². The zero-order chi connectivity index (χ0) is 21.1. The molecule has 1 atom stereocenters. The van der Waals surface area contributed by atoms with Crippen molar-refractivity contribution in [2.24, 2.45) is 4.99 Å². The number of carbonyl (C=O) groups is 2. The maximum Gasteiger partial charge on any atom is 0.283 e. The Balaban J connectivity index is 1.50. The van der Waals surface area contributed by atoms with Gasteiger partial charge in [-0.05, 0) is 42.7 Å². The van der Waals surface area contributed by atoms with E-state index in [0.29, 0.717) is 22.2 Å². The molecule has 1 unspecified atom stereocenters. The number of benzene rings is 1. The number of ether oxygens (including phenoxy) is 1. The molecule has 1 aliphatic heterocycles. The summed E-state index contributed by atoms with van der Waals surface area (Å²) in [6, 6.07) is 7.86. The molecule has 30 heavy (non-hydrogen) atoms. The zero-order valence-corrected chi connectivity index (χ0v) is 18.2. The number of amides is 2. The standard InChI is InChI=1S/C24H26N2O3S/c1-26(18-6-4-3-5-7-18)24(28)17-10-13-21-20(15-17)25-23(27)22(30-21)14-16-8-11-19(29-2)12-9-16/h8-15,18,21H,3-7H2,1-2H3/b22-14+. The molecule has 0 radical (unpaired) electrons. The van der Waals surface area contributed by atoms with Gasteiger partial charge in [0.15, 0.2) is 0 Å². The molecule has 156 valence electrons. The summed E-state index contributed by atoms with van der Waals surface area (Å²) in [6.07, 6.45) is 13.2. The molecule has 3 aliphatic rings. The van der Waals surface area contributed by atoms with Gasteiger partial charge >= 0.3 is 0 Å². The van der Waals surface area contributed by atoms with Gasteiger partial charge in [-0.15, -0.1) is 11.8 Å². The lowest BCUT2D eigenvalue weighted by Crippen LogP contribution is -2.39. The van der Waals surface area contributed by atoms with E-state index in [0.717, 1.165) is 24.2 Å². The number of hydrogen-bond donors (Lipinski definition) is 0. The minimum Gasteiger partial charge on any atom is -0.497 e. The predicted molar refractivity (Wildman–Crippen MR) is 122 cm³/mol. The van der Waals surface area contributed by atoms with Crippen LogP contribution in [0.15, 0.2) is 58.0 Å². The highest BCUT2D eigenvalue weighted by molar-refractivity contribution is 8.05. The number of likely N-dealkylation sites (N-methyl/N-ethyl adjacent to an activating group) is 1. The van der Waals surface area contributed by atoms with E-state index in [1.807, 2.05) is 54.4 Å². The third-order valence-corrected chi connectivity index (χ3v) is 7.04. The number of aliphatic imine (C=N–C) groups is 1. The van der Waals surface area contributed by atoms with Crippen molar-refractivity contribution in [3.05, 3.63) is 58.5 Å². The Kier molecular flexibility index (Phi) is 6.23. The number of hydrogen-bond acceptors (Lipinski definition) is 4. The third kappa shape index (κ3) is 4.43. The average molecular weight is 423 g/mol. The van der Waals surface area contributed by atoms with Crippen molar-refractivity contribution in [2.45, 2.75) is 43.4 Å². The molecular weight excluding hydrogens is 396 g/mol. The van der Waals surface area contributed by atoms with Gasteiger partial charge in [-0.1, -0.05) is 43.5 Å². The lowest BCUT2D eigenvalue weighted by Gasteiger charge is -2.32. The van der Waals surface area contributed by atoms with Crippen molar-refractivity contribution in [2.75, 3.05) is 14.2 Å². The molecule has 1 saturated carbocycles. The molecular formula is C24H26N2O3S. The van der Waals surface area contributed by atoms with E-state index in [1.54, 1.807) is 13.2 Å². The van der Waals surface area contributed by atoms with Crippen LogP contribution in [0.4, 0.5) is 0 Å². The quantitative estimate of drug-likeness (QED) is 0.675. The number of rotatable bonds is 4. The highest BCUT2D eigenvalue weighted by atomic mass is 32.2. The Hall–Kier alpha value is -2.60. The van der Waals surface area contributed by atoms with Crippen molar-refractivity contribution >= 4 is 35.4 Å². The van der Waals surface area contributed by atoms with Crippen molar-refractivity contribution in [1.29, 1.82) is 0 Å². The number of allylic oxidation sites excluding steroid dienone is 1. The normalized spacial score (nSPS) is 22.9. The van der Waals surface area contributed by atoms with Gasteiger partial charge in [0.25, 0.3) is 11.8 Å². The summed E-state index contributed by atoms with van der Waals surface area (Å²) in [5, 5.41) is -0.0521. The van der Waals surface area contributed by atoms with Crippen LogP contribution in [-0.2, 0) is 9.59 Å². The molecule has 1 aromatic rings. The van der Waals surface area contributed by atoms with Gasteiger partial charge in [-0.25, -0.2) is 4.99 Å². The molecule has 1 heterocycles. The second-order valence-corrected chi connectivity index (χ2v) is 9.01. The first-order valence-electron chi connectivity index (χ1n) is 10.4. The molecule has 1 aromatic carbocycles. The van der Waals surface area contributed by atoms with Crippen LogP contribution in [0.25, 0.3) is 6.08 Å². The lowest BCUT2D eigenvalue weighted by molar-refractivity contribution is -0.128. The molecule has 5 nitrogen and oxygen atoms in total. The molecule has 4 rings (SSSR count). The van der Waals surface area contributed by atoms with Gasteiger partial charge in [-0.3, -0.25) is 9.59 Å². The van der Waals surface area contributed by atoms with E-state index in [-0.39, 0.29) is 17.1 Å². The van der Waals surface area contributed by atoms with Gasteiger partial charge in [0.2, 0.25) is 0 Å². The molecule has 0 saturated heterocycles. The second kappa shape index (κ2) is 9.04. The SMILES string of the molecule is COc1ccc(/C=C2/SC3C=CC(C(=O)N(C)C4CCCCC4)=CC3=NC2=O)cc1. The van der Waals surface area contributed by atoms with Crippen LogP contribution in [0.3, 0.4) is 0 Å². The first kappa shape index (κ1) is 20.7. The van der Waals surface area contributed by atoms with Gasteiger partial charge in [0.1, 0.15) is 5.75 Å². The second-order valence-electron chi connectivity index (χ2n) is 7.83. The Bertz CT molecular complexity index is 953. The summed E-state index contributed by atoms with van der Waals surface area (Å²) in [4.78, 5) is 32.3. The van der Waals surface area contributed by atoms with E-state index < -0.39 is 0 Å². The first-order valence-corrected chi connectivity index (χ1v) is 11.3. The maximum absolute atomic E-state index is 12.9. The number of thioether (sulfide) groups is 1. The van der Waals surface area contributed by atoms with E-state index >= 15 is 0 Å². The van der Waals surface area contributed by atoms with Gasteiger partial charge in [-0.2, -0.15) is 0 Å². The zero-order valence-electron chi connectivity index (χ0n) is 17.3. The summed E-state index contributed by atoms with van der Waals surface area (Å²) in [5.41, 5.74) is 2.18. The molecule has 6 heteroatoms. The monoisotopic (exact) mass is 422 g/mol. The maximum atomic E-state index is 12.9. The molecule has 1 fully saturated rings. The smallest absolute Gasteiger partial charge is 0.283 e. The summed E-state index contributed by atoms with van der Waals surface area (Å²) in [7, 11) is 3.51.